The maximum absolute atomic E-state index is 5.51. The van der Waals surface area contributed by atoms with Crippen molar-refractivity contribution in [2.45, 2.75) is 26.8 Å². The molecule has 0 rings (SSSR count). The molecule has 0 aliphatic heterocycles. The van der Waals surface area contributed by atoms with Crippen molar-refractivity contribution in [2.75, 3.05) is 0 Å². The third-order valence-electron chi connectivity index (χ3n) is 1.09. The second-order valence-electron chi connectivity index (χ2n) is 2.04. The van der Waals surface area contributed by atoms with E-state index in [2.05, 4.69) is 4.99 Å². The summed E-state index contributed by atoms with van der Waals surface area (Å²) in [5.74, 6) is 0. The van der Waals surface area contributed by atoms with Gasteiger partial charge in [0.15, 0.2) is 0 Å². The number of nitrogens with two attached hydrogens (primary N) is 1. The maximum atomic E-state index is 5.51. The van der Waals surface area contributed by atoms with Crippen LogP contribution in [0.1, 0.15) is 20.8 Å². The van der Waals surface area contributed by atoms with E-state index in [0.29, 0.717) is 0 Å². The number of nitrogens with zero attached hydrogens (tertiary/aromatic N) is 1. The molecule has 0 saturated carbocycles. The Balaban J connectivity index is 3.84. The number of hydrogen-bond acceptors (Lipinski definition) is 2. The first-order valence-corrected chi connectivity index (χ1v) is 3.09. The summed E-state index contributed by atoms with van der Waals surface area (Å²) in [6.07, 6.45) is 3.63. The van der Waals surface area contributed by atoms with E-state index in [1.807, 2.05) is 26.8 Å². The summed E-state index contributed by atoms with van der Waals surface area (Å²) in [5.41, 5.74) is 6.48. The summed E-state index contributed by atoms with van der Waals surface area (Å²) in [7, 11) is 0. The highest BCUT2D eigenvalue weighted by Gasteiger charge is 1.93. The third-order valence-corrected chi connectivity index (χ3v) is 1.09. The zero-order valence-corrected chi connectivity index (χ0v) is 6.26. The summed E-state index contributed by atoms with van der Waals surface area (Å²) in [6.45, 7) is 5.77. The van der Waals surface area contributed by atoms with E-state index >= 15 is 0 Å². The van der Waals surface area contributed by atoms with Gasteiger partial charge in [-0.2, -0.15) is 0 Å². The van der Waals surface area contributed by atoms with Gasteiger partial charge in [-0.05, 0) is 20.8 Å². The van der Waals surface area contributed by atoms with Crippen molar-refractivity contribution in [3.8, 4) is 0 Å². The Kier molecular flexibility index (Phi) is 3.97. The minimum Gasteiger partial charge on any atom is -0.323 e. The molecule has 2 N–H and O–H groups in total. The molecule has 0 radical (unpaired) electrons. The van der Waals surface area contributed by atoms with Gasteiger partial charge in [0, 0.05) is 18.0 Å². The molecule has 2 nitrogen and oxygen atoms in total. The van der Waals surface area contributed by atoms with E-state index in [-0.39, 0.29) is 6.04 Å². The lowest BCUT2D eigenvalue weighted by Gasteiger charge is -2.00. The number of aliphatic imine (C=N–C) groups is 1. The SMILES string of the molecule is C/C=C\N=C(C)C(C)N. The molecule has 1 unspecified atom stereocenters. The number of allylic oxidation sites excluding steroid dienone is 1. The van der Waals surface area contributed by atoms with Crippen LogP contribution in [0.15, 0.2) is 17.3 Å². The fourth-order valence-electron chi connectivity index (χ4n) is 0.310. The van der Waals surface area contributed by atoms with Crippen molar-refractivity contribution < 1.29 is 0 Å². The normalized spacial score (nSPS) is 16.7. The Hall–Kier alpha value is -0.630. The number of hydrogen-bond donors (Lipinski definition) is 1. The molecule has 0 heterocycles. The lowest BCUT2D eigenvalue weighted by Crippen LogP contribution is -2.23. The van der Waals surface area contributed by atoms with Gasteiger partial charge in [0.1, 0.15) is 0 Å². The molecular formula is C7H14N2. The average Bonchev–Trinajstić information content (AvgIpc) is 1.82. The summed E-state index contributed by atoms with van der Waals surface area (Å²) in [6, 6.07) is 0.0706. The van der Waals surface area contributed by atoms with E-state index in [1.54, 1.807) is 6.20 Å². The van der Waals surface area contributed by atoms with E-state index in [4.69, 9.17) is 5.73 Å². The van der Waals surface area contributed by atoms with Gasteiger partial charge in [0.2, 0.25) is 0 Å². The minimum absolute atomic E-state index is 0.0706. The molecule has 0 amide bonds. The molecule has 52 valence electrons. The molecule has 1 atom stereocenters. The summed E-state index contributed by atoms with van der Waals surface area (Å²) in [5, 5.41) is 0. The van der Waals surface area contributed by atoms with Crippen molar-refractivity contribution in [2.24, 2.45) is 10.7 Å². The van der Waals surface area contributed by atoms with Gasteiger partial charge in [0.25, 0.3) is 0 Å². The van der Waals surface area contributed by atoms with Crippen LogP contribution in [0.25, 0.3) is 0 Å². The molecule has 9 heavy (non-hydrogen) atoms. The van der Waals surface area contributed by atoms with Crippen LogP contribution in [0.3, 0.4) is 0 Å². The van der Waals surface area contributed by atoms with Crippen molar-refractivity contribution in [1.82, 2.24) is 0 Å². The van der Waals surface area contributed by atoms with Crippen LogP contribution in [0.5, 0.6) is 0 Å². The molecule has 0 aromatic heterocycles. The lowest BCUT2D eigenvalue weighted by atomic mass is 10.2. The molecule has 0 aromatic rings. The first-order valence-electron chi connectivity index (χ1n) is 3.09. The van der Waals surface area contributed by atoms with Gasteiger partial charge in [-0.15, -0.1) is 0 Å². The summed E-state index contributed by atoms with van der Waals surface area (Å²) < 4.78 is 0. The molecule has 0 aliphatic carbocycles. The summed E-state index contributed by atoms with van der Waals surface area (Å²) in [4.78, 5) is 4.05. The fraction of sp³-hybridized carbons (Fsp3) is 0.571. The Bertz CT molecular complexity index is 123. The third kappa shape index (κ3) is 3.91. The van der Waals surface area contributed by atoms with Crippen LogP contribution < -0.4 is 5.73 Å². The van der Waals surface area contributed by atoms with Gasteiger partial charge >= 0.3 is 0 Å². The van der Waals surface area contributed by atoms with Crippen LogP contribution >= 0.6 is 0 Å². The van der Waals surface area contributed by atoms with E-state index < -0.39 is 0 Å². The second-order valence-corrected chi connectivity index (χ2v) is 2.04. The standard InChI is InChI=1S/C7H14N2/c1-4-5-9-7(3)6(2)8/h4-6H,8H2,1-3H3/b5-4-,9-7?. The Morgan fingerprint density at radius 1 is 1.67 bits per heavy atom. The fourth-order valence-corrected chi connectivity index (χ4v) is 0.310. The number of rotatable bonds is 2. The van der Waals surface area contributed by atoms with Crippen LogP contribution in [-0.2, 0) is 0 Å². The predicted molar refractivity (Wildman–Crippen MR) is 41.6 cm³/mol. The van der Waals surface area contributed by atoms with E-state index in [0.717, 1.165) is 5.71 Å². The first kappa shape index (κ1) is 8.37. The van der Waals surface area contributed by atoms with Gasteiger partial charge in [-0.3, -0.25) is 4.99 Å². The Morgan fingerprint density at radius 3 is 2.56 bits per heavy atom. The van der Waals surface area contributed by atoms with E-state index in [9.17, 15) is 0 Å². The topological polar surface area (TPSA) is 38.4 Å². The largest absolute Gasteiger partial charge is 0.323 e. The molecule has 0 spiro atoms. The van der Waals surface area contributed by atoms with Gasteiger partial charge < -0.3 is 5.73 Å². The van der Waals surface area contributed by atoms with Crippen molar-refractivity contribution in [3.05, 3.63) is 12.3 Å². The monoisotopic (exact) mass is 126 g/mol. The van der Waals surface area contributed by atoms with Crippen molar-refractivity contribution in [3.63, 3.8) is 0 Å². The van der Waals surface area contributed by atoms with Crippen LogP contribution in [0.2, 0.25) is 0 Å². The molecule has 0 aliphatic rings. The van der Waals surface area contributed by atoms with Crippen LogP contribution in [0.4, 0.5) is 0 Å². The van der Waals surface area contributed by atoms with Gasteiger partial charge in [-0.25, -0.2) is 0 Å². The van der Waals surface area contributed by atoms with Gasteiger partial charge in [-0.1, -0.05) is 6.08 Å². The highest BCUT2D eigenvalue weighted by atomic mass is 14.8. The van der Waals surface area contributed by atoms with Gasteiger partial charge in [0.05, 0.1) is 0 Å². The van der Waals surface area contributed by atoms with Crippen molar-refractivity contribution in [1.29, 1.82) is 0 Å². The minimum atomic E-state index is 0.0706. The highest BCUT2D eigenvalue weighted by molar-refractivity contribution is 5.87. The van der Waals surface area contributed by atoms with E-state index in [1.165, 1.54) is 0 Å². The smallest absolute Gasteiger partial charge is 0.0398 e. The average molecular weight is 126 g/mol. The zero-order valence-electron chi connectivity index (χ0n) is 6.26. The predicted octanol–water partition coefficient (Wildman–Crippen LogP) is 1.33. The summed E-state index contributed by atoms with van der Waals surface area (Å²) >= 11 is 0. The van der Waals surface area contributed by atoms with Crippen molar-refractivity contribution >= 4 is 5.71 Å². The molecule has 2 heteroatoms. The Labute approximate surface area is 56.5 Å². The first-order chi connectivity index (χ1) is 4.18. The highest BCUT2D eigenvalue weighted by Crippen LogP contribution is 1.84. The zero-order chi connectivity index (χ0) is 7.28. The molecular weight excluding hydrogens is 112 g/mol. The lowest BCUT2D eigenvalue weighted by molar-refractivity contribution is 0.966. The Morgan fingerprint density at radius 2 is 2.22 bits per heavy atom. The second kappa shape index (κ2) is 4.27. The molecule has 0 fully saturated rings. The quantitative estimate of drug-likeness (QED) is 0.557. The van der Waals surface area contributed by atoms with Crippen LogP contribution in [-0.4, -0.2) is 11.8 Å². The molecule has 0 bridgehead atoms. The van der Waals surface area contributed by atoms with Crippen LogP contribution in [0, 0.1) is 0 Å². The molecule has 0 saturated heterocycles. The molecule has 0 aromatic carbocycles. The maximum Gasteiger partial charge on any atom is 0.0398 e.